The van der Waals surface area contributed by atoms with Crippen LogP contribution in [-0.4, -0.2) is 19.9 Å². The average Bonchev–Trinajstić information content (AvgIpc) is 4.07. The first-order valence-electron chi connectivity index (χ1n) is 21.6. The van der Waals surface area contributed by atoms with E-state index in [4.69, 9.17) is 24.4 Å². The zero-order chi connectivity index (χ0) is 42.6. The van der Waals surface area contributed by atoms with E-state index >= 15 is 0 Å². The van der Waals surface area contributed by atoms with Crippen LogP contribution in [0.15, 0.2) is 199 Å². The maximum absolute atomic E-state index is 6.68. The van der Waals surface area contributed by atoms with Crippen molar-refractivity contribution < 1.29 is 4.42 Å². The number of hydrogen-bond donors (Lipinski definition) is 0. The molecule has 302 valence electrons. The van der Waals surface area contributed by atoms with Gasteiger partial charge in [0.15, 0.2) is 17.5 Å². The van der Waals surface area contributed by atoms with Gasteiger partial charge in [0.1, 0.15) is 11.2 Å². The molecule has 14 aromatic rings. The van der Waals surface area contributed by atoms with Crippen LogP contribution in [0.3, 0.4) is 0 Å². The highest BCUT2D eigenvalue weighted by atomic mass is 32.1. The molecule has 7 heteroatoms. The molecule has 14 rings (SSSR count). The first kappa shape index (κ1) is 36.4. The minimum absolute atomic E-state index is 0.595. The molecule has 0 radical (unpaired) electrons. The Labute approximate surface area is 379 Å². The molecule has 5 nitrogen and oxygen atoms in total. The van der Waals surface area contributed by atoms with E-state index in [0.29, 0.717) is 17.5 Å². The van der Waals surface area contributed by atoms with Gasteiger partial charge < -0.3 is 4.42 Å². The van der Waals surface area contributed by atoms with Crippen LogP contribution in [0.2, 0.25) is 0 Å². The molecule has 0 N–H and O–H groups in total. The number of aromatic nitrogens is 4. The van der Waals surface area contributed by atoms with Crippen LogP contribution in [0, 0.1) is 0 Å². The van der Waals surface area contributed by atoms with Crippen LogP contribution in [0.5, 0.6) is 0 Å². The molecule has 0 amide bonds. The van der Waals surface area contributed by atoms with Crippen LogP contribution in [0.25, 0.3) is 141 Å². The van der Waals surface area contributed by atoms with Gasteiger partial charge in [-0.05, 0) is 54.1 Å². The quantitative estimate of drug-likeness (QED) is 0.161. The van der Waals surface area contributed by atoms with Crippen molar-refractivity contribution in [3.63, 3.8) is 0 Å². The lowest BCUT2D eigenvalue weighted by molar-refractivity contribution is 0.669. The van der Waals surface area contributed by atoms with Crippen LogP contribution < -0.4 is 0 Å². The number of rotatable bonds is 5. The topological polar surface area (TPSA) is 64.7 Å². The maximum Gasteiger partial charge on any atom is 0.165 e. The summed E-state index contributed by atoms with van der Waals surface area (Å²) in [6, 6.07) is 68.3. The third kappa shape index (κ3) is 5.63. The van der Waals surface area contributed by atoms with Gasteiger partial charge in [0.25, 0.3) is 0 Å². The minimum Gasteiger partial charge on any atom is -0.456 e. The van der Waals surface area contributed by atoms with Crippen molar-refractivity contribution in [3.05, 3.63) is 194 Å². The van der Waals surface area contributed by atoms with Crippen molar-refractivity contribution in [3.8, 4) is 56.5 Å². The molecule has 0 aliphatic rings. The predicted molar refractivity (Wildman–Crippen MR) is 273 cm³/mol. The van der Waals surface area contributed by atoms with Gasteiger partial charge >= 0.3 is 0 Å². The van der Waals surface area contributed by atoms with Gasteiger partial charge in [-0.2, -0.15) is 0 Å². The summed E-state index contributed by atoms with van der Waals surface area (Å²) in [6.45, 7) is 0. The monoisotopic (exact) mass is 864 g/mol. The largest absolute Gasteiger partial charge is 0.456 e. The summed E-state index contributed by atoms with van der Waals surface area (Å²) < 4.78 is 11.5. The van der Waals surface area contributed by atoms with E-state index in [1.807, 2.05) is 6.07 Å². The molecule has 65 heavy (non-hydrogen) atoms. The molecule has 0 aliphatic heterocycles. The lowest BCUT2D eigenvalue weighted by atomic mass is 9.89. The van der Waals surface area contributed by atoms with Crippen molar-refractivity contribution >= 4 is 107 Å². The number of pyridine rings is 1. The van der Waals surface area contributed by atoms with E-state index < -0.39 is 0 Å². The van der Waals surface area contributed by atoms with Gasteiger partial charge in [0, 0.05) is 95.1 Å². The molecular formula is C58H32N4OS2. The van der Waals surface area contributed by atoms with E-state index in [1.165, 1.54) is 30.9 Å². The Kier molecular flexibility index (Phi) is 7.95. The number of hydrogen-bond acceptors (Lipinski definition) is 7. The second-order valence-corrected chi connectivity index (χ2v) is 18.5. The lowest BCUT2D eigenvalue weighted by Gasteiger charge is -2.16. The predicted octanol–water partition coefficient (Wildman–Crippen LogP) is 16.5. The fourth-order valence-corrected chi connectivity index (χ4v) is 12.3. The first-order chi connectivity index (χ1) is 32.2. The third-order valence-electron chi connectivity index (χ3n) is 12.7. The highest BCUT2D eigenvalue weighted by molar-refractivity contribution is 7.26. The van der Waals surface area contributed by atoms with Crippen molar-refractivity contribution in [1.29, 1.82) is 0 Å². The summed E-state index contributed by atoms with van der Waals surface area (Å²) in [5.74, 6) is 1.87. The number of nitrogens with zero attached hydrogens (tertiary/aromatic N) is 4. The SMILES string of the molecule is c1ccc(-c2c3c(cc4c(-c5cccc(-c6nc(-c7cccc8c7sc7ccccc78)nc(-c7cccc8c7sc7ccccc78)n6)c5)nc5ccccc5c24)oc2ccccc23)cc1. The van der Waals surface area contributed by atoms with Gasteiger partial charge in [-0.3, -0.25) is 0 Å². The second kappa shape index (κ2) is 14.2. The zero-order valence-corrected chi connectivity index (χ0v) is 36.1. The fraction of sp³-hybridized carbons (Fsp3) is 0. The first-order valence-corrected chi connectivity index (χ1v) is 23.3. The molecule has 0 unspecified atom stereocenters. The Balaban J connectivity index is 1.03. The molecule has 0 bridgehead atoms. The normalized spacial score (nSPS) is 12.0. The summed E-state index contributed by atoms with van der Waals surface area (Å²) in [5, 5.41) is 10.3. The van der Waals surface area contributed by atoms with Crippen LogP contribution >= 0.6 is 22.7 Å². The second-order valence-electron chi connectivity index (χ2n) is 16.4. The number of fused-ring (bicyclic) bond motifs is 12. The molecule has 5 aromatic heterocycles. The van der Waals surface area contributed by atoms with Crippen molar-refractivity contribution in [2.45, 2.75) is 0 Å². The van der Waals surface area contributed by atoms with Crippen molar-refractivity contribution in [2.75, 3.05) is 0 Å². The molecule has 0 aliphatic carbocycles. The average molecular weight is 865 g/mol. The highest BCUT2D eigenvalue weighted by Gasteiger charge is 2.23. The Morgan fingerprint density at radius 1 is 0.338 bits per heavy atom. The highest BCUT2D eigenvalue weighted by Crippen LogP contribution is 2.47. The summed E-state index contributed by atoms with van der Waals surface area (Å²) in [5.41, 5.74) is 9.51. The fourth-order valence-electron chi connectivity index (χ4n) is 9.83. The molecular weight excluding hydrogens is 833 g/mol. The summed E-state index contributed by atoms with van der Waals surface area (Å²) >= 11 is 3.56. The third-order valence-corrected chi connectivity index (χ3v) is 15.2. The van der Waals surface area contributed by atoms with Gasteiger partial charge in [-0.15, -0.1) is 22.7 Å². The lowest BCUT2D eigenvalue weighted by Crippen LogP contribution is -2.00. The van der Waals surface area contributed by atoms with Gasteiger partial charge in [-0.1, -0.05) is 146 Å². The Bertz CT molecular complexity index is 4130. The smallest absolute Gasteiger partial charge is 0.165 e. The minimum atomic E-state index is 0.595. The van der Waals surface area contributed by atoms with Crippen LogP contribution in [0.1, 0.15) is 0 Å². The molecule has 0 saturated carbocycles. The van der Waals surface area contributed by atoms with Gasteiger partial charge in [0.05, 0.1) is 11.2 Å². The van der Waals surface area contributed by atoms with Crippen LogP contribution in [0.4, 0.5) is 0 Å². The summed E-state index contributed by atoms with van der Waals surface area (Å²) in [6.07, 6.45) is 0. The van der Waals surface area contributed by atoms with E-state index in [1.54, 1.807) is 22.7 Å². The number of thiophene rings is 2. The van der Waals surface area contributed by atoms with E-state index in [0.717, 1.165) is 92.1 Å². The van der Waals surface area contributed by atoms with E-state index in [2.05, 4.69) is 188 Å². The molecule has 0 atom stereocenters. The van der Waals surface area contributed by atoms with Gasteiger partial charge in [-0.25, -0.2) is 19.9 Å². The molecule has 9 aromatic carbocycles. The number of furan rings is 1. The molecule has 0 saturated heterocycles. The molecule has 5 heterocycles. The number of para-hydroxylation sites is 2. The zero-order valence-electron chi connectivity index (χ0n) is 34.5. The van der Waals surface area contributed by atoms with Crippen molar-refractivity contribution in [1.82, 2.24) is 19.9 Å². The maximum atomic E-state index is 6.68. The van der Waals surface area contributed by atoms with Crippen molar-refractivity contribution in [2.24, 2.45) is 0 Å². The molecule has 0 spiro atoms. The Morgan fingerprint density at radius 3 is 1.58 bits per heavy atom. The summed E-state index contributed by atoms with van der Waals surface area (Å²) in [7, 11) is 0. The molecule has 0 fully saturated rings. The standard InChI is InChI=1S/C58H32N4OS2/c1-2-15-33(16-3-1)50-51-40-21-4-8-27-45(40)59-53(44(51)32-47-52(50)41-22-5-9-28-46(41)63-47)34-17-12-18-35(31-34)56-60-57(42-25-13-23-38-36-19-6-10-29-48(36)64-54(38)42)62-58(61-56)43-26-14-24-39-37-20-7-11-30-49(37)65-55(39)43/h1-32H. The summed E-state index contributed by atoms with van der Waals surface area (Å²) in [4.78, 5) is 21.5. The Hall–Kier alpha value is -8.10. The number of benzene rings is 9. The van der Waals surface area contributed by atoms with E-state index in [-0.39, 0.29) is 0 Å². The Morgan fingerprint density at radius 2 is 0.877 bits per heavy atom. The van der Waals surface area contributed by atoms with Gasteiger partial charge in [0.2, 0.25) is 0 Å². The van der Waals surface area contributed by atoms with E-state index in [9.17, 15) is 0 Å². The van der Waals surface area contributed by atoms with Crippen LogP contribution in [-0.2, 0) is 0 Å².